The van der Waals surface area contributed by atoms with Crippen LogP contribution in [0.3, 0.4) is 0 Å². The van der Waals surface area contributed by atoms with E-state index in [2.05, 4.69) is 23.2 Å². The molecule has 3 aromatic rings. The number of hydrogen-bond acceptors (Lipinski definition) is 6. The van der Waals surface area contributed by atoms with Gasteiger partial charge in [0.15, 0.2) is 0 Å². The fourth-order valence-electron chi connectivity index (χ4n) is 5.08. The summed E-state index contributed by atoms with van der Waals surface area (Å²) in [6.07, 6.45) is 6.11. The molecule has 1 N–H and O–H groups in total. The van der Waals surface area contributed by atoms with Crippen LogP contribution in [0, 0.1) is 5.82 Å². The van der Waals surface area contributed by atoms with Crippen molar-refractivity contribution in [2.24, 2.45) is 0 Å². The van der Waals surface area contributed by atoms with E-state index in [9.17, 15) is 12.8 Å². The number of benzene rings is 2. The van der Waals surface area contributed by atoms with Crippen molar-refractivity contribution in [1.29, 1.82) is 0 Å². The van der Waals surface area contributed by atoms with E-state index in [0.717, 1.165) is 35.4 Å². The van der Waals surface area contributed by atoms with Crippen LogP contribution in [-0.2, 0) is 10.0 Å². The van der Waals surface area contributed by atoms with E-state index in [4.69, 9.17) is 9.97 Å². The summed E-state index contributed by atoms with van der Waals surface area (Å²) >= 11 is 0. The monoisotopic (exact) mass is 497 g/mol. The lowest BCUT2D eigenvalue weighted by atomic mass is 9.95. The van der Waals surface area contributed by atoms with Crippen LogP contribution in [0.25, 0.3) is 10.9 Å². The molecule has 2 fully saturated rings. The van der Waals surface area contributed by atoms with Crippen LogP contribution >= 0.6 is 0 Å². The highest BCUT2D eigenvalue weighted by Crippen LogP contribution is 2.29. The Kier molecular flexibility index (Phi) is 7.00. The molecule has 1 aliphatic carbocycles. The molecule has 2 heterocycles. The maximum absolute atomic E-state index is 13.2. The molecule has 186 valence electrons. The number of hydrogen-bond donors (Lipinski definition) is 1. The predicted molar refractivity (Wildman–Crippen MR) is 135 cm³/mol. The van der Waals surface area contributed by atoms with Crippen molar-refractivity contribution in [3.05, 3.63) is 60.2 Å². The van der Waals surface area contributed by atoms with Gasteiger partial charge in [0.1, 0.15) is 17.5 Å². The van der Waals surface area contributed by atoms with Gasteiger partial charge in [-0.3, -0.25) is 4.90 Å². The van der Waals surface area contributed by atoms with E-state index in [1.165, 1.54) is 47.8 Å². The topological polar surface area (TPSA) is 78.4 Å². The molecule has 0 amide bonds. The zero-order valence-corrected chi connectivity index (χ0v) is 20.8. The minimum Gasteiger partial charge on any atom is -0.367 e. The second-order valence-electron chi connectivity index (χ2n) is 9.50. The number of sulfonamides is 1. The Labute approximate surface area is 206 Å². The summed E-state index contributed by atoms with van der Waals surface area (Å²) in [6.45, 7) is 3.96. The first-order valence-corrected chi connectivity index (χ1v) is 13.9. The van der Waals surface area contributed by atoms with E-state index in [1.807, 2.05) is 18.2 Å². The molecule has 0 spiro atoms. The third kappa shape index (κ3) is 5.17. The molecule has 1 atom stereocenters. The molecule has 0 radical (unpaired) electrons. The average molecular weight is 498 g/mol. The number of para-hydroxylation sites is 1. The number of halogens is 1. The van der Waals surface area contributed by atoms with Crippen LogP contribution in [0.1, 0.15) is 50.9 Å². The van der Waals surface area contributed by atoms with Gasteiger partial charge in [-0.2, -0.15) is 4.31 Å². The Morgan fingerprint density at radius 1 is 0.943 bits per heavy atom. The summed E-state index contributed by atoms with van der Waals surface area (Å²) in [6, 6.07) is 13.5. The number of aromatic nitrogens is 2. The zero-order chi connectivity index (χ0) is 24.4. The number of nitrogens with one attached hydrogen (secondary N) is 1. The summed E-state index contributed by atoms with van der Waals surface area (Å²) in [7, 11) is -3.65. The molecule has 1 saturated heterocycles. The molecule has 1 saturated carbocycles. The zero-order valence-electron chi connectivity index (χ0n) is 20.0. The molecule has 2 aliphatic rings. The molecule has 2 aromatic carbocycles. The highest BCUT2D eigenvalue weighted by molar-refractivity contribution is 7.89. The van der Waals surface area contributed by atoms with Crippen molar-refractivity contribution in [2.45, 2.75) is 56.0 Å². The minimum atomic E-state index is -3.65. The maximum Gasteiger partial charge on any atom is 0.243 e. The van der Waals surface area contributed by atoms with E-state index < -0.39 is 15.8 Å². The normalized spacial score (nSPS) is 19.6. The lowest BCUT2D eigenvalue weighted by Crippen LogP contribution is -2.49. The quantitative estimate of drug-likeness (QED) is 0.537. The number of rotatable bonds is 6. The van der Waals surface area contributed by atoms with Gasteiger partial charge in [-0.1, -0.05) is 31.4 Å². The van der Waals surface area contributed by atoms with Crippen LogP contribution in [0.2, 0.25) is 0 Å². The lowest BCUT2D eigenvalue weighted by molar-refractivity contribution is 0.141. The van der Waals surface area contributed by atoms with Gasteiger partial charge in [-0.05, 0) is 56.2 Å². The molecule has 5 rings (SSSR count). The van der Waals surface area contributed by atoms with Crippen molar-refractivity contribution < 1.29 is 12.8 Å². The maximum atomic E-state index is 13.2. The summed E-state index contributed by atoms with van der Waals surface area (Å²) in [4.78, 5) is 12.2. The van der Waals surface area contributed by atoms with Crippen LogP contribution < -0.4 is 5.32 Å². The highest BCUT2D eigenvalue weighted by Gasteiger charge is 2.31. The van der Waals surface area contributed by atoms with Crippen LogP contribution in [0.4, 0.5) is 10.2 Å². The summed E-state index contributed by atoms with van der Waals surface area (Å²) in [5.41, 5.74) is 0.917. The second kappa shape index (κ2) is 10.2. The van der Waals surface area contributed by atoms with Crippen LogP contribution in [0.15, 0.2) is 53.4 Å². The Morgan fingerprint density at radius 2 is 1.63 bits per heavy atom. The Bertz CT molecular complexity index is 1270. The number of anilines is 1. The molecule has 35 heavy (non-hydrogen) atoms. The summed E-state index contributed by atoms with van der Waals surface area (Å²) < 4.78 is 40.7. The molecular formula is C26H32FN5O2S. The van der Waals surface area contributed by atoms with Crippen molar-refractivity contribution in [2.75, 3.05) is 31.5 Å². The van der Waals surface area contributed by atoms with E-state index >= 15 is 0 Å². The van der Waals surface area contributed by atoms with Crippen LogP contribution in [-0.4, -0.2) is 59.8 Å². The van der Waals surface area contributed by atoms with Crippen molar-refractivity contribution in [3.63, 3.8) is 0 Å². The van der Waals surface area contributed by atoms with Crippen molar-refractivity contribution in [1.82, 2.24) is 19.2 Å². The fourth-order valence-corrected chi connectivity index (χ4v) is 6.50. The minimum absolute atomic E-state index is 0.0535. The first-order chi connectivity index (χ1) is 16.9. The third-order valence-electron chi connectivity index (χ3n) is 7.21. The van der Waals surface area contributed by atoms with Gasteiger partial charge in [-0.15, -0.1) is 0 Å². The molecule has 1 aliphatic heterocycles. The first-order valence-electron chi connectivity index (χ1n) is 12.4. The van der Waals surface area contributed by atoms with Gasteiger partial charge in [-0.25, -0.2) is 22.8 Å². The van der Waals surface area contributed by atoms with E-state index in [-0.39, 0.29) is 10.9 Å². The number of nitrogens with zero attached hydrogens (tertiary/aromatic N) is 4. The molecule has 7 nitrogen and oxygen atoms in total. The molecular weight excluding hydrogens is 465 g/mol. The van der Waals surface area contributed by atoms with Gasteiger partial charge in [0, 0.05) is 37.6 Å². The summed E-state index contributed by atoms with van der Waals surface area (Å²) in [5, 5.41) is 4.72. The molecule has 0 bridgehead atoms. The van der Waals surface area contributed by atoms with Gasteiger partial charge in [0.05, 0.1) is 16.5 Å². The average Bonchev–Trinajstić information content (AvgIpc) is 2.89. The van der Waals surface area contributed by atoms with Gasteiger partial charge in [0.25, 0.3) is 0 Å². The summed E-state index contributed by atoms with van der Waals surface area (Å²) in [5.74, 6) is 1.19. The fraction of sp³-hybridized carbons (Fsp3) is 0.462. The smallest absolute Gasteiger partial charge is 0.243 e. The standard InChI is InChI=1S/C26H32FN5O2S/c1-19(31-15-17-32(18-16-31)35(33,34)22-13-11-20(27)12-14-22)25-29-24-10-6-5-9-23(24)26(30-25)28-21-7-3-2-4-8-21/h5-6,9-14,19,21H,2-4,7-8,15-18H2,1H3,(H,28,29,30)/t19-/m1/s1. The molecule has 9 heteroatoms. The van der Waals surface area contributed by atoms with Gasteiger partial charge >= 0.3 is 0 Å². The lowest BCUT2D eigenvalue weighted by Gasteiger charge is -2.37. The number of fused-ring (bicyclic) bond motifs is 1. The second-order valence-corrected chi connectivity index (χ2v) is 11.4. The Hall–Kier alpha value is -2.62. The third-order valence-corrected chi connectivity index (χ3v) is 9.13. The Balaban J connectivity index is 1.32. The predicted octanol–water partition coefficient (Wildman–Crippen LogP) is 4.58. The van der Waals surface area contributed by atoms with Crippen molar-refractivity contribution >= 4 is 26.7 Å². The van der Waals surface area contributed by atoms with E-state index in [0.29, 0.717) is 32.2 Å². The largest absolute Gasteiger partial charge is 0.367 e. The van der Waals surface area contributed by atoms with Gasteiger partial charge < -0.3 is 5.32 Å². The van der Waals surface area contributed by atoms with Gasteiger partial charge in [0.2, 0.25) is 10.0 Å². The van der Waals surface area contributed by atoms with E-state index in [1.54, 1.807) is 0 Å². The molecule has 1 aromatic heterocycles. The SMILES string of the molecule is C[C@H](c1nc(NC2CCCCC2)c2ccccc2n1)N1CCN(S(=O)(=O)c2ccc(F)cc2)CC1. The number of piperazine rings is 1. The van der Waals surface area contributed by atoms with Crippen molar-refractivity contribution in [3.8, 4) is 0 Å². The first kappa shape index (κ1) is 24.1. The molecule has 0 unspecified atom stereocenters. The highest BCUT2D eigenvalue weighted by atomic mass is 32.2. The van der Waals surface area contributed by atoms with Crippen LogP contribution in [0.5, 0.6) is 0 Å². The Morgan fingerprint density at radius 3 is 2.34 bits per heavy atom.